The largest absolute Gasteiger partial charge is 0.370 e. The highest BCUT2D eigenvalue weighted by Gasteiger charge is 2.18. The number of hydrogen-bond acceptors (Lipinski definition) is 1. The lowest BCUT2D eigenvalue weighted by atomic mass is 9.87. The van der Waals surface area contributed by atoms with Gasteiger partial charge < -0.3 is 11.5 Å². The molecule has 0 radical (unpaired) electrons. The van der Waals surface area contributed by atoms with E-state index in [2.05, 4.69) is 4.99 Å². The van der Waals surface area contributed by atoms with E-state index in [1.807, 2.05) is 30.3 Å². The third-order valence-corrected chi connectivity index (χ3v) is 5.28. The lowest BCUT2D eigenvalue weighted by Crippen LogP contribution is -2.23. The molecular weight excluding hydrogens is 380 g/mol. The first-order valence-electron chi connectivity index (χ1n) is 8.94. The van der Waals surface area contributed by atoms with Crippen molar-refractivity contribution >= 4 is 34.0 Å². The Hall–Kier alpha value is -2.92. The summed E-state index contributed by atoms with van der Waals surface area (Å²) in [6, 6.07) is 13.5. The van der Waals surface area contributed by atoms with E-state index in [1.165, 1.54) is 11.6 Å². The SMILES string of the molecule is NC(N)=NC(=C1CCC1)c1ccc2cccc(-c3cc(Cl)c(F)cc3F)c2c1. The minimum Gasteiger partial charge on any atom is -0.370 e. The van der Waals surface area contributed by atoms with Gasteiger partial charge in [0.1, 0.15) is 11.6 Å². The second-order valence-electron chi connectivity index (χ2n) is 6.83. The van der Waals surface area contributed by atoms with Gasteiger partial charge in [-0.15, -0.1) is 0 Å². The van der Waals surface area contributed by atoms with Crippen LogP contribution in [0.3, 0.4) is 0 Å². The molecule has 142 valence electrons. The van der Waals surface area contributed by atoms with Gasteiger partial charge in [0.25, 0.3) is 0 Å². The van der Waals surface area contributed by atoms with Crippen LogP contribution in [-0.2, 0) is 0 Å². The van der Waals surface area contributed by atoms with Gasteiger partial charge >= 0.3 is 0 Å². The number of hydrogen-bond donors (Lipinski definition) is 2. The van der Waals surface area contributed by atoms with Crippen LogP contribution in [0.15, 0.2) is 59.1 Å². The maximum atomic E-state index is 14.5. The van der Waals surface area contributed by atoms with Crippen LogP contribution in [0.1, 0.15) is 24.8 Å². The summed E-state index contributed by atoms with van der Waals surface area (Å²) in [6.07, 6.45) is 3.01. The number of nitrogens with two attached hydrogens (primary N) is 2. The van der Waals surface area contributed by atoms with Crippen molar-refractivity contribution < 1.29 is 8.78 Å². The van der Waals surface area contributed by atoms with E-state index >= 15 is 0 Å². The fraction of sp³-hybridized carbons (Fsp3) is 0.136. The summed E-state index contributed by atoms with van der Waals surface area (Å²) in [5.74, 6) is -1.45. The molecule has 0 aromatic heterocycles. The summed E-state index contributed by atoms with van der Waals surface area (Å²) in [5, 5.41) is 1.61. The van der Waals surface area contributed by atoms with Gasteiger partial charge in [-0.25, -0.2) is 13.8 Å². The topological polar surface area (TPSA) is 64.4 Å². The summed E-state index contributed by atoms with van der Waals surface area (Å²) in [5.41, 5.74) is 14.9. The predicted octanol–water partition coefficient (Wildman–Crippen LogP) is 5.61. The fourth-order valence-electron chi connectivity index (χ4n) is 3.45. The van der Waals surface area contributed by atoms with Crippen molar-refractivity contribution in [3.05, 3.63) is 76.3 Å². The van der Waals surface area contributed by atoms with Crippen molar-refractivity contribution in [3.8, 4) is 11.1 Å². The molecule has 3 nitrogen and oxygen atoms in total. The zero-order valence-corrected chi connectivity index (χ0v) is 15.7. The smallest absolute Gasteiger partial charge is 0.191 e. The maximum absolute atomic E-state index is 14.5. The number of aliphatic imine (C=N–C) groups is 1. The molecule has 0 unspecified atom stereocenters. The Labute approximate surface area is 166 Å². The van der Waals surface area contributed by atoms with Crippen LogP contribution in [0.4, 0.5) is 8.78 Å². The quantitative estimate of drug-likeness (QED) is 0.343. The Bertz CT molecular complexity index is 1140. The van der Waals surface area contributed by atoms with Gasteiger partial charge in [0, 0.05) is 17.2 Å². The monoisotopic (exact) mass is 397 g/mol. The zero-order valence-electron chi connectivity index (χ0n) is 15.0. The van der Waals surface area contributed by atoms with Crippen molar-refractivity contribution in [2.75, 3.05) is 0 Å². The summed E-state index contributed by atoms with van der Waals surface area (Å²) >= 11 is 5.90. The normalized spacial score (nSPS) is 13.3. The second-order valence-corrected chi connectivity index (χ2v) is 7.24. The van der Waals surface area contributed by atoms with Gasteiger partial charge in [-0.3, -0.25) is 0 Å². The Morgan fingerprint density at radius 3 is 2.39 bits per heavy atom. The number of fused-ring (bicyclic) bond motifs is 1. The standard InChI is InChI=1S/C22H18ClF2N3/c23-18-10-17(19(24)11-20(18)25)15-6-2-3-12-7-8-14(9-16(12)15)21(28-22(26)27)13-4-1-5-13/h2-3,6-11H,1,4-5H2,(H4,26,27,28). The molecule has 1 fully saturated rings. The van der Waals surface area contributed by atoms with E-state index in [0.29, 0.717) is 5.56 Å². The van der Waals surface area contributed by atoms with Crippen molar-refractivity contribution in [2.24, 2.45) is 16.5 Å². The van der Waals surface area contributed by atoms with Crippen LogP contribution >= 0.6 is 11.6 Å². The average molecular weight is 398 g/mol. The molecule has 0 bridgehead atoms. The molecule has 1 aliphatic rings. The van der Waals surface area contributed by atoms with Gasteiger partial charge in [-0.05, 0) is 53.3 Å². The summed E-state index contributed by atoms with van der Waals surface area (Å²) in [4.78, 5) is 4.33. The Balaban J connectivity index is 1.94. The highest BCUT2D eigenvalue weighted by molar-refractivity contribution is 6.31. The van der Waals surface area contributed by atoms with Crippen LogP contribution < -0.4 is 11.5 Å². The molecule has 0 atom stereocenters. The van der Waals surface area contributed by atoms with Gasteiger partial charge in [0.05, 0.1) is 10.7 Å². The van der Waals surface area contributed by atoms with Gasteiger partial charge in [0.2, 0.25) is 0 Å². The van der Waals surface area contributed by atoms with Crippen molar-refractivity contribution in [1.29, 1.82) is 0 Å². The number of halogens is 3. The number of rotatable bonds is 3. The molecule has 3 aromatic rings. The van der Waals surface area contributed by atoms with Crippen molar-refractivity contribution in [1.82, 2.24) is 0 Å². The van der Waals surface area contributed by atoms with Crippen molar-refractivity contribution in [3.63, 3.8) is 0 Å². The molecule has 28 heavy (non-hydrogen) atoms. The van der Waals surface area contributed by atoms with E-state index in [0.717, 1.165) is 47.4 Å². The number of benzene rings is 3. The minimum atomic E-state index is -0.784. The second kappa shape index (κ2) is 7.24. The fourth-order valence-corrected chi connectivity index (χ4v) is 3.61. The van der Waals surface area contributed by atoms with Gasteiger partial charge in [-0.1, -0.05) is 41.9 Å². The highest BCUT2D eigenvalue weighted by atomic mass is 35.5. The van der Waals surface area contributed by atoms with Crippen LogP contribution in [0.2, 0.25) is 5.02 Å². The molecule has 4 N–H and O–H groups in total. The van der Waals surface area contributed by atoms with E-state index in [-0.39, 0.29) is 16.5 Å². The van der Waals surface area contributed by atoms with Gasteiger partial charge in [0.15, 0.2) is 5.96 Å². The van der Waals surface area contributed by atoms with Crippen LogP contribution in [0.5, 0.6) is 0 Å². The Morgan fingerprint density at radius 2 is 1.71 bits per heavy atom. The van der Waals surface area contributed by atoms with E-state index < -0.39 is 11.6 Å². The molecule has 3 aromatic carbocycles. The summed E-state index contributed by atoms with van der Waals surface area (Å²) in [7, 11) is 0. The van der Waals surface area contributed by atoms with E-state index in [1.54, 1.807) is 6.07 Å². The zero-order chi connectivity index (χ0) is 19.8. The lowest BCUT2D eigenvalue weighted by Gasteiger charge is -2.20. The molecule has 0 amide bonds. The third-order valence-electron chi connectivity index (χ3n) is 4.99. The molecule has 1 aliphatic carbocycles. The van der Waals surface area contributed by atoms with Gasteiger partial charge in [-0.2, -0.15) is 0 Å². The van der Waals surface area contributed by atoms with Crippen LogP contribution in [-0.4, -0.2) is 5.96 Å². The van der Waals surface area contributed by atoms with Crippen LogP contribution in [0, 0.1) is 11.6 Å². The molecule has 0 saturated heterocycles. The maximum Gasteiger partial charge on any atom is 0.191 e. The van der Waals surface area contributed by atoms with E-state index in [4.69, 9.17) is 23.1 Å². The third kappa shape index (κ3) is 3.34. The van der Waals surface area contributed by atoms with Crippen molar-refractivity contribution in [2.45, 2.75) is 19.3 Å². The number of allylic oxidation sites excluding steroid dienone is 1. The number of guanidine groups is 1. The molecule has 0 heterocycles. The first-order valence-corrected chi connectivity index (χ1v) is 9.31. The Kier molecular flexibility index (Phi) is 4.77. The highest BCUT2D eigenvalue weighted by Crippen LogP contribution is 2.38. The number of nitrogens with zero attached hydrogens (tertiary/aromatic N) is 1. The molecule has 1 saturated carbocycles. The molecular formula is C22H18ClF2N3. The average Bonchev–Trinajstić information content (AvgIpc) is 2.61. The molecule has 6 heteroatoms. The summed E-state index contributed by atoms with van der Waals surface area (Å²) in [6.45, 7) is 0. The molecule has 4 rings (SSSR count). The van der Waals surface area contributed by atoms with E-state index in [9.17, 15) is 8.78 Å². The molecule has 0 aliphatic heterocycles. The van der Waals surface area contributed by atoms with Crippen LogP contribution in [0.25, 0.3) is 27.6 Å². The lowest BCUT2D eigenvalue weighted by molar-refractivity contribution is 0.586. The Morgan fingerprint density at radius 1 is 0.929 bits per heavy atom. The first-order chi connectivity index (χ1) is 13.4. The minimum absolute atomic E-state index is 0.000794. The summed E-state index contributed by atoms with van der Waals surface area (Å²) < 4.78 is 28.1. The predicted molar refractivity (Wildman–Crippen MR) is 111 cm³/mol. The molecule has 0 spiro atoms. The first kappa shape index (κ1) is 18.4.